The van der Waals surface area contributed by atoms with E-state index in [0.717, 1.165) is 13.0 Å². The fourth-order valence-corrected chi connectivity index (χ4v) is 2.22. The van der Waals surface area contributed by atoms with Crippen LogP contribution < -0.4 is 5.73 Å². The van der Waals surface area contributed by atoms with Crippen molar-refractivity contribution >= 4 is 0 Å². The minimum absolute atomic E-state index is 0.598. The number of hydrogen-bond donors (Lipinski definition) is 1. The van der Waals surface area contributed by atoms with Gasteiger partial charge in [0.25, 0.3) is 0 Å². The van der Waals surface area contributed by atoms with Crippen LogP contribution in [0.2, 0.25) is 0 Å². The molecule has 1 nitrogen and oxygen atoms in total. The summed E-state index contributed by atoms with van der Waals surface area (Å²) in [5.41, 5.74) is 8.32. The van der Waals surface area contributed by atoms with Gasteiger partial charge in [-0.05, 0) is 42.9 Å². The zero-order valence-corrected chi connectivity index (χ0v) is 13.5. The lowest BCUT2D eigenvalue weighted by Crippen LogP contribution is -2.04. The predicted molar refractivity (Wildman–Crippen MR) is 93.6 cm³/mol. The molecule has 0 amide bonds. The van der Waals surface area contributed by atoms with Crippen LogP contribution in [0.1, 0.15) is 50.2 Å². The van der Waals surface area contributed by atoms with Crippen LogP contribution in [0.3, 0.4) is 0 Å². The Labute approximate surface area is 130 Å². The minimum Gasteiger partial charge on any atom is -0.330 e. The third-order valence-corrected chi connectivity index (χ3v) is 3.63. The molecule has 2 aromatic rings. The first kappa shape index (κ1) is 17.5. The van der Waals surface area contributed by atoms with Crippen LogP contribution in [0.15, 0.2) is 60.7 Å². The van der Waals surface area contributed by atoms with E-state index in [-0.39, 0.29) is 0 Å². The molecule has 0 aliphatic rings. The van der Waals surface area contributed by atoms with E-state index in [1.807, 2.05) is 6.07 Å². The Balaban J connectivity index is 0.000000211. The first-order valence-corrected chi connectivity index (χ1v) is 8.06. The van der Waals surface area contributed by atoms with Crippen molar-refractivity contribution in [2.24, 2.45) is 5.73 Å². The van der Waals surface area contributed by atoms with Gasteiger partial charge in [0, 0.05) is 0 Å². The summed E-state index contributed by atoms with van der Waals surface area (Å²) < 4.78 is 0. The Morgan fingerprint density at radius 3 is 2.00 bits per heavy atom. The number of hydrogen-bond acceptors (Lipinski definition) is 1. The van der Waals surface area contributed by atoms with Crippen LogP contribution >= 0.6 is 0 Å². The van der Waals surface area contributed by atoms with E-state index in [2.05, 4.69) is 68.4 Å². The topological polar surface area (TPSA) is 26.0 Å². The summed E-state index contributed by atoms with van der Waals surface area (Å²) >= 11 is 0. The van der Waals surface area contributed by atoms with Gasteiger partial charge in [0.15, 0.2) is 0 Å². The maximum absolute atomic E-state index is 5.47. The summed E-state index contributed by atoms with van der Waals surface area (Å²) in [6.07, 6.45) is 4.90. The summed E-state index contributed by atoms with van der Waals surface area (Å²) in [4.78, 5) is 0. The molecule has 1 atom stereocenters. The smallest absolute Gasteiger partial charge is 0.00715 e. The fourth-order valence-electron chi connectivity index (χ4n) is 2.22. The number of aryl methyl sites for hydroxylation is 1. The van der Waals surface area contributed by atoms with Gasteiger partial charge in [0.1, 0.15) is 0 Å². The molecule has 0 aromatic heterocycles. The highest BCUT2D eigenvalue weighted by atomic mass is 14.5. The number of nitrogens with two attached hydrogens (primary N) is 1. The third-order valence-electron chi connectivity index (χ3n) is 3.63. The highest BCUT2D eigenvalue weighted by molar-refractivity contribution is 5.18. The molecule has 0 saturated heterocycles. The molecule has 0 radical (unpaired) electrons. The van der Waals surface area contributed by atoms with E-state index in [0.29, 0.717) is 5.92 Å². The van der Waals surface area contributed by atoms with Gasteiger partial charge in [-0.25, -0.2) is 0 Å². The molecule has 2 aromatic carbocycles. The van der Waals surface area contributed by atoms with Crippen molar-refractivity contribution in [3.63, 3.8) is 0 Å². The van der Waals surface area contributed by atoms with E-state index in [1.54, 1.807) is 0 Å². The Morgan fingerprint density at radius 2 is 1.48 bits per heavy atom. The second-order valence-corrected chi connectivity index (χ2v) is 5.48. The molecule has 0 saturated carbocycles. The zero-order chi connectivity index (χ0) is 15.3. The first-order chi connectivity index (χ1) is 10.3. The molecule has 21 heavy (non-hydrogen) atoms. The number of benzene rings is 2. The summed E-state index contributed by atoms with van der Waals surface area (Å²) in [7, 11) is 0. The molecule has 0 spiro atoms. The number of unbranched alkanes of at least 4 members (excludes halogenated alkanes) is 1. The van der Waals surface area contributed by atoms with Gasteiger partial charge >= 0.3 is 0 Å². The maximum Gasteiger partial charge on any atom is -0.00715 e. The van der Waals surface area contributed by atoms with Crippen LogP contribution in [-0.4, -0.2) is 6.54 Å². The molecule has 0 bridgehead atoms. The molecule has 0 heterocycles. The van der Waals surface area contributed by atoms with Gasteiger partial charge in [0.2, 0.25) is 0 Å². The zero-order valence-electron chi connectivity index (χ0n) is 13.5. The average molecular weight is 283 g/mol. The molecular formula is C20H29N. The summed E-state index contributed by atoms with van der Waals surface area (Å²) in [5, 5.41) is 0. The van der Waals surface area contributed by atoms with Crippen molar-refractivity contribution < 1.29 is 0 Å². The molecule has 114 valence electrons. The van der Waals surface area contributed by atoms with Crippen molar-refractivity contribution in [2.75, 3.05) is 6.54 Å². The Hall–Kier alpha value is -1.60. The normalized spacial score (nSPS) is 11.4. The first-order valence-electron chi connectivity index (χ1n) is 8.06. The van der Waals surface area contributed by atoms with Gasteiger partial charge in [-0.15, -0.1) is 0 Å². The van der Waals surface area contributed by atoms with Crippen LogP contribution in [0.5, 0.6) is 0 Å². The van der Waals surface area contributed by atoms with Gasteiger partial charge in [-0.3, -0.25) is 0 Å². The lowest BCUT2D eigenvalue weighted by atomic mass is 9.98. The van der Waals surface area contributed by atoms with Gasteiger partial charge in [-0.1, -0.05) is 80.9 Å². The second kappa shape index (κ2) is 11.1. The van der Waals surface area contributed by atoms with Crippen LogP contribution in [0, 0.1) is 0 Å². The molecule has 1 unspecified atom stereocenters. The SMILES string of the molecule is CC(CCN)c1ccccc1.CCCCc1ccccc1. The molecule has 2 N–H and O–H groups in total. The monoisotopic (exact) mass is 283 g/mol. The van der Waals surface area contributed by atoms with E-state index >= 15 is 0 Å². The van der Waals surface area contributed by atoms with Crippen molar-refractivity contribution in [3.8, 4) is 0 Å². The van der Waals surface area contributed by atoms with E-state index in [4.69, 9.17) is 5.73 Å². The molecule has 1 heteroatoms. The molecule has 0 fully saturated rings. The van der Waals surface area contributed by atoms with E-state index in [1.165, 1.54) is 30.4 Å². The van der Waals surface area contributed by atoms with Crippen LogP contribution in [0.4, 0.5) is 0 Å². The van der Waals surface area contributed by atoms with Crippen molar-refractivity contribution in [1.29, 1.82) is 0 Å². The summed E-state index contributed by atoms with van der Waals surface area (Å²) in [6, 6.07) is 21.1. The summed E-state index contributed by atoms with van der Waals surface area (Å²) in [6.45, 7) is 5.21. The van der Waals surface area contributed by atoms with Crippen LogP contribution in [0.25, 0.3) is 0 Å². The van der Waals surface area contributed by atoms with Crippen molar-refractivity contribution in [2.45, 2.75) is 45.4 Å². The molecule has 0 aliphatic carbocycles. The Morgan fingerprint density at radius 1 is 0.905 bits per heavy atom. The Kier molecular flexibility index (Phi) is 9.23. The Bertz CT molecular complexity index is 450. The highest BCUT2D eigenvalue weighted by Gasteiger charge is 2.01. The highest BCUT2D eigenvalue weighted by Crippen LogP contribution is 2.16. The van der Waals surface area contributed by atoms with Gasteiger partial charge in [0.05, 0.1) is 0 Å². The fraction of sp³-hybridized carbons (Fsp3) is 0.400. The van der Waals surface area contributed by atoms with Gasteiger partial charge < -0.3 is 5.73 Å². The molecule has 2 rings (SSSR count). The minimum atomic E-state index is 0.598. The third kappa shape index (κ3) is 7.67. The molecular weight excluding hydrogens is 254 g/mol. The lowest BCUT2D eigenvalue weighted by Gasteiger charge is -2.08. The maximum atomic E-state index is 5.47. The van der Waals surface area contributed by atoms with E-state index < -0.39 is 0 Å². The standard InChI is InChI=1S/C10H15N.C10H14/c1-9(7-8-11)10-5-3-2-4-6-10;1-2-3-7-10-8-5-4-6-9-10/h2-6,9H,7-8,11H2,1H3;4-6,8-9H,2-3,7H2,1H3. The van der Waals surface area contributed by atoms with Gasteiger partial charge in [-0.2, -0.15) is 0 Å². The lowest BCUT2D eigenvalue weighted by molar-refractivity contribution is 0.690. The largest absolute Gasteiger partial charge is 0.330 e. The molecule has 0 aliphatic heterocycles. The van der Waals surface area contributed by atoms with Crippen LogP contribution in [-0.2, 0) is 6.42 Å². The van der Waals surface area contributed by atoms with E-state index in [9.17, 15) is 0 Å². The van der Waals surface area contributed by atoms with Crippen molar-refractivity contribution in [3.05, 3.63) is 71.8 Å². The second-order valence-electron chi connectivity index (χ2n) is 5.48. The summed E-state index contributed by atoms with van der Waals surface area (Å²) in [5.74, 6) is 0.598. The predicted octanol–water partition coefficient (Wildman–Crippen LogP) is 5.17. The quantitative estimate of drug-likeness (QED) is 0.777. The van der Waals surface area contributed by atoms with Crippen molar-refractivity contribution in [1.82, 2.24) is 0 Å². The number of rotatable bonds is 6. The average Bonchev–Trinajstić information content (AvgIpc) is 2.55.